The second-order valence-corrected chi connectivity index (χ2v) is 10.8. The van der Waals surface area contributed by atoms with E-state index in [4.69, 9.17) is 18.0 Å². The molecule has 3 aliphatic rings. The molecule has 0 spiro atoms. The number of hydrogen-bond acceptors (Lipinski definition) is 6. The molecule has 6 unspecified atom stereocenters. The van der Waals surface area contributed by atoms with E-state index in [9.17, 15) is 27.1 Å². The summed E-state index contributed by atoms with van der Waals surface area (Å²) < 4.78 is 96.0. The molecule has 2 saturated carbocycles. The molecule has 6 nitrogen and oxygen atoms in total. The number of ether oxygens (including phenoxy) is 2. The van der Waals surface area contributed by atoms with E-state index in [0.717, 1.165) is 0 Å². The van der Waals surface area contributed by atoms with Crippen LogP contribution < -0.4 is 0 Å². The van der Waals surface area contributed by atoms with E-state index in [-0.39, 0.29) is 23.8 Å². The van der Waals surface area contributed by atoms with Gasteiger partial charge in [0, 0.05) is 25.4 Å². The molecule has 176 valence electrons. The first-order chi connectivity index (χ1) is 14.0. The lowest BCUT2D eigenvalue weighted by Crippen LogP contribution is -2.70. The van der Waals surface area contributed by atoms with Crippen LogP contribution in [0.15, 0.2) is 0 Å². The van der Waals surface area contributed by atoms with Gasteiger partial charge in [0.15, 0.2) is 6.79 Å². The van der Waals surface area contributed by atoms with Gasteiger partial charge in [0.2, 0.25) is 0 Å². The standard InChI is InChI=1S/C18H29F5O6Si/c1-4-27-30(28-5-2,29-6-3)14-9-11-7-12(14)8-13(11)15-16(19,20)17(24,18(21,22)23)26-10-25-15/h11-15,24H,4-10H2,1-3H3. The van der Waals surface area contributed by atoms with Gasteiger partial charge in [-0.1, -0.05) is 0 Å². The maximum Gasteiger partial charge on any atom is 0.504 e. The third-order valence-corrected chi connectivity index (χ3v) is 10.2. The molecule has 30 heavy (non-hydrogen) atoms. The van der Waals surface area contributed by atoms with Gasteiger partial charge in [-0.25, -0.2) is 0 Å². The minimum atomic E-state index is -5.65. The highest BCUT2D eigenvalue weighted by molar-refractivity contribution is 6.62. The first kappa shape index (κ1) is 24.3. The zero-order valence-corrected chi connectivity index (χ0v) is 18.2. The fraction of sp³-hybridized carbons (Fsp3) is 1.00. The van der Waals surface area contributed by atoms with Crippen molar-refractivity contribution in [3.05, 3.63) is 0 Å². The van der Waals surface area contributed by atoms with Gasteiger partial charge in [-0.15, -0.1) is 0 Å². The van der Waals surface area contributed by atoms with E-state index >= 15 is 0 Å². The van der Waals surface area contributed by atoms with Gasteiger partial charge in [0.1, 0.15) is 6.10 Å². The Kier molecular flexibility index (Phi) is 6.90. The van der Waals surface area contributed by atoms with Crippen LogP contribution in [0.4, 0.5) is 22.0 Å². The summed E-state index contributed by atoms with van der Waals surface area (Å²) in [4.78, 5) is 0. The fourth-order valence-electron chi connectivity index (χ4n) is 5.42. The molecule has 1 aliphatic heterocycles. The summed E-state index contributed by atoms with van der Waals surface area (Å²) in [6.45, 7) is 5.55. The van der Waals surface area contributed by atoms with Crippen molar-refractivity contribution in [1.29, 1.82) is 0 Å². The highest BCUT2D eigenvalue weighted by Crippen LogP contribution is 2.62. The second kappa shape index (κ2) is 8.52. The van der Waals surface area contributed by atoms with E-state index in [0.29, 0.717) is 32.7 Å². The molecule has 6 atom stereocenters. The van der Waals surface area contributed by atoms with Gasteiger partial charge in [0.05, 0.1) is 0 Å². The SMILES string of the molecule is CCO[Si](OCC)(OCC)C1CC2CC1CC2C1OCOC(O)(C(F)(F)F)C1(F)F. The minimum absolute atomic E-state index is 0.0856. The predicted octanol–water partition coefficient (Wildman–Crippen LogP) is 3.71. The Balaban J connectivity index is 1.81. The highest BCUT2D eigenvalue weighted by Gasteiger charge is 2.77. The topological polar surface area (TPSA) is 66.4 Å². The van der Waals surface area contributed by atoms with Crippen molar-refractivity contribution in [3.63, 3.8) is 0 Å². The molecular formula is C18H29F5O6Si. The van der Waals surface area contributed by atoms with Gasteiger partial charge < -0.3 is 27.9 Å². The molecule has 0 amide bonds. The molecule has 12 heteroatoms. The number of halogens is 5. The number of rotatable bonds is 8. The van der Waals surface area contributed by atoms with Crippen molar-refractivity contribution in [3.8, 4) is 0 Å². The van der Waals surface area contributed by atoms with E-state index in [1.807, 2.05) is 20.8 Å². The van der Waals surface area contributed by atoms with Crippen LogP contribution in [0.5, 0.6) is 0 Å². The molecule has 3 fully saturated rings. The number of aliphatic hydroxyl groups is 1. The lowest BCUT2D eigenvalue weighted by Gasteiger charge is -2.47. The molecule has 0 radical (unpaired) electrons. The fourth-order valence-corrected chi connectivity index (χ4v) is 8.96. The van der Waals surface area contributed by atoms with Crippen LogP contribution >= 0.6 is 0 Å². The molecule has 1 N–H and O–H groups in total. The van der Waals surface area contributed by atoms with Crippen LogP contribution in [0.25, 0.3) is 0 Å². The van der Waals surface area contributed by atoms with Crippen LogP contribution in [0.2, 0.25) is 5.54 Å². The Bertz CT molecular complexity index is 591. The number of alkyl halides is 5. The van der Waals surface area contributed by atoms with E-state index in [1.54, 1.807) is 0 Å². The van der Waals surface area contributed by atoms with Crippen LogP contribution in [-0.2, 0) is 22.8 Å². The lowest BCUT2D eigenvalue weighted by atomic mass is 9.79. The molecule has 2 aliphatic carbocycles. The predicted molar refractivity (Wildman–Crippen MR) is 95.5 cm³/mol. The first-order valence-electron chi connectivity index (χ1n) is 10.3. The largest absolute Gasteiger partial charge is 0.504 e. The Morgan fingerprint density at radius 2 is 1.53 bits per heavy atom. The van der Waals surface area contributed by atoms with E-state index in [2.05, 4.69) is 4.74 Å². The first-order valence-corrected chi connectivity index (χ1v) is 12.1. The average Bonchev–Trinajstić information content (AvgIpc) is 3.24. The Morgan fingerprint density at radius 1 is 0.967 bits per heavy atom. The van der Waals surface area contributed by atoms with Crippen molar-refractivity contribution in [2.45, 2.75) is 69.6 Å². The van der Waals surface area contributed by atoms with Crippen molar-refractivity contribution in [2.24, 2.45) is 17.8 Å². The number of hydrogen-bond donors (Lipinski definition) is 1. The summed E-state index contributed by atoms with van der Waals surface area (Å²) in [7, 11) is -3.07. The van der Waals surface area contributed by atoms with Gasteiger partial charge in [-0.05, 0) is 57.8 Å². The second-order valence-electron chi connectivity index (χ2n) is 8.01. The molecule has 3 rings (SSSR count). The van der Waals surface area contributed by atoms with E-state index < -0.39 is 45.5 Å². The maximum atomic E-state index is 14.8. The highest BCUT2D eigenvalue weighted by atomic mass is 28.4. The quantitative estimate of drug-likeness (QED) is 0.437. The average molecular weight is 465 g/mol. The zero-order chi connectivity index (χ0) is 22.4. The lowest BCUT2D eigenvalue weighted by molar-refractivity contribution is -0.488. The smallest absolute Gasteiger partial charge is 0.374 e. The van der Waals surface area contributed by atoms with Crippen molar-refractivity contribution >= 4 is 8.80 Å². The molecule has 0 aromatic heterocycles. The van der Waals surface area contributed by atoms with Gasteiger partial charge >= 0.3 is 26.7 Å². The minimum Gasteiger partial charge on any atom is -0.374 e. The Morgan fingerprint density at radius 3 is 1.97 bits per heavy atom. The van der Waals surface area contributed by atoms with E-state index in [1.165, 1.54) is 0 Å². The molecule has 2 bridgehead atoms. The Hall–Kier alpha value is -0.373. The van der Waals surface area contributed by atoms with Crippen LogP contribution in [0, 0.1) is 17.8 Å². The Labute approximate surface area is 173 Å². The van der Waals surface area contributed by atoms with Crippen LogP contribution in [0.3, 0.4) is 0 Å². The summed E-state index contributed by atoms with van der Waals surface area (Å²) in [5.41, 5.74) is -0.103. The summed E-state index contributed by atoms with van der Waals surface area (Å²) in [6, 6.07) is 0. The van der Waals surface area contributed by atoms with Crippen molar-refractivity contribution < 1.29 is 49.8 Å². The summed E-state index contributed by atoms with van der Waals surface area (Å²) in [5, 5.41) is 9.70. The summed E-state index contributed by atoms with van der Waals surface area (Å²) in [5.74, 6) is -10.4. The normalized spacial score (nSPS) is 38.9. The molecule has 1 heterocycles. The monoisotopic (exact) mass is 464 g/mol. The molecule has 0 aromatic rings. The number of fused-ring (bicyclic) bond motifs is 2. The van der Waals surface area contributed by atoms with Gasteiger partial charge in [-0.3, -0.25) is 0 Å². The molecular weight excluding hydrogens is 435 g/mol. The molecule has 1 saturated heterocycles. The third-order valence-electron chi connectivity index (χ3n) is 6.50. The van der Waals surface area contributed by atoms with Crippen LogP contribution in [0.1, 0.15) is 40.0 Å². The third kappa shape index (κ3) is 3.71. The van der Waals surface area contributed by atoms with Crippen molar-refractivity contribution in [2.75, 3.05) is 26.6 Å². The zero-order valence-electron chi connectivity index (χ0n) is 17.2. The van der Waals surface area contributed by atoms with Crippen molar-refractivity contribution in [1.82, 2.24) is 0 Å². The van der Waals surface area contributed by atoms with Gasteiger partial charge in [0.25, 0.3) is 0 Å². The summed E-state index contributed by atoms with van der Waals surface area (Å²) >= 11 is 0. The molecule has 0 aromatic carbocycles. The van der Waals surface area contributed by atoms with Crippen LogP contribution in [-0.4, -0.2) is 64.5 Å². The maximum absolute atomic E-state index is 14.8. The summed E-state index contributed by atoms with van der Waals surface area (Å²) in [6.07, 6.45) is -6.51. The van der Waals surface area contributed by atoms with Gasteiger partial charge in [-0.2, -0.15) is 22.0 Å².